The molecular formula is C19H16N6O3. The van der Waals surface area contributed by atoms with Crippen molar-refractivity contribution in [2.75, 3.05) is 12.4 Å². The van der Waals surface area contributed by atoms with E-state index in [1.807, 2.05) is 18.2 Å². The van der Waals surface area contributed by atoms with E-state index in [9.17, 15) is 4.79 Å². The Labute approximate surface area is 159 Å². The van der Waals surface area contributed by atoms with E-state index in [2.05, 4.69) is 30.9 Å². The van der Waals surface area contributed by atoms with Crippen molar-refractivity contribution in [3.63, 3.8) is 0 Å². The van der Waals surface area contributed by atoms with E-state index in [4.69, 9.17) is 9.15 Å². The Kier molecular flexibility index (Phi) is 4.55. The van der Waals surface area contributed by atoms with Gasteiger partial charge in [0.2, 0.25) is 11.7 Å². The van der Waals surface area contributed by atoms with E-state index < -0.39 is 0 Å². The fraction of sp³-hybridized carbons (Fsp3) is 0.105. The molecular weight excluding hydrogens is 360 g/mol. The van der Waals surface area contributed by atoms with Gasteiger partial charge in [0, 0.05) is 16.8 Å². The Morgan fingerprint density at radius 1 is 1.14 bits per heavy atom. The molecule has 0 spiro atoms. The maximum Gasteiger partial charge on any atom is 0.277 e. The van der Waals surface area contributed by atoms with Gasteiger partial charge in [-0.3, -0.25) is 4.79 Å². The number of anilines is 1. The topological polar surface area (TPSA) is 119 Å². The molecule has 4 rings (SSSR count). The van der Waals surface area contributed by atoms with Gasteiger partial charge in [-0.25, -0.2) is 4.98 Å². The smallest absolute Gasteiger partial charge is 0.277 e. The number of benzene rings is 2. The lowest BCUT2D eigenvalue weighted by molar-refractivity contribution is 0.102. The summed E-state index contributed by atoms with van der Waals surface area (Å²) in [6, 6.07) is 14.4. The first-order chi connectivity index (χ1) is 13.6. The fourth-order valence-corrected chi connectivity index (χ4v) is 2.67. The number of aromatic nitrogens is 5. The van der Waals surface area contributed by atoms with E-state index in [1.165, 1.54) is 0 Å². The summed E-state index contributed by atoms with van der Waals surface area (Å²) in [5.74, 6) is 1.59. The predicted molar refractivity (Wildman–Crippen MR) is 101 cm³/mol. The second-order valence-corrected chi connectivity index (χ2v) is 5.92. The lowest BCUT2D eigenvalue weighted by atomic mass is 10.2. The molecule has 1 amide bonds. The van der Waals surface area contributed by atoms with Gasteiger partial charge in [-0.2, -0.15) is 5.21 Å². The maximum atomic E-state index is 12.7. The van der Waals surface area contributed by atoms with E-state index in [-0.39, 0.29) is 11.6 Å². The van der Waals surface area contributed by atoms with Crippen molar-refractivity contribution < 1.29 is 13.9 Å². The number of hydrogen-bond donors (Lipinski definition) is 2. The third-order valence-electron chi connectivity index (χ3n) is 4.07. The Morgan fingerprint density at radius 3 is 2.68 bits per heavy atom. The van der Waals surface area contributed by atoms with Crippen molar-refractivity contribution in [1.82, 2.24) is 25.6 Å². The number of oxazole rings is 1. The summed E-state index contributed by atoms with van der Waals surface area (Å²) in [4.78, 5) is 17.0. The highest BCUT2D eigenvalue weighted by molar-refractivity contribution is 6.04. The molecule has 0 aliphatic heterocycles. The Hall–Kier alpha value is -4.01. The molecule has 0 fully saturated rings. The number of aryl methyl sites for hydroxylation is 1. The summed E-state index contributed by atoms with van der Waals surface area (Å²) in [5, 5.41) is 16.6. The van der Waals surface area contributed by atoms with Gasteiger partial charge in [0.15, 0.2) is 5.69 Å². The number of amides is 1. The van der Waals surface area contributed by atoms with Crippen LogP contribution in [0, 0.1) is 6.92 Å². The van der Waals surface area contributed by atoms with Crippen LogP contribution in [0.25, 0.3) is 22.8 Å². The van der Waals surface area contributed by atoms with Crippen LogP contribution in [-0.2, 0) is 0 Å². The first-order valence-electron chi connectivity index (χ1n) is 8.41. The van der Waals surface area contributed by atoms with Gasteiger partial charge in [0.1, 0.15) is 11.5 Å². The molecule has 0 aliphatic rings. The average molecular weight is 376 g/mol. The van der Waals surface area contributed by atoms with Gasteiger partial charge in [-0.1, -0.05) is 12.1 Å². The fourth-order valence-electron chi connectivity index (χ4n) is 2.67. The number of aromatic amines is 1. The standard InChI is InChI=1S/C19H16N6O3/c1-11-16(21-19(28-11)12-6-8-15(27-2)9-7-12)18(26)20-14-5-3-4-13(10-14)17-22-24-25-23-17/h3-10H,1-2H3,(H,20,26)(H,22,23,24,25). The quantitative estimate of drug-likeness (QED) is 0.549. The zero-order valence-electron chi connectivity index (χ0n) is 15.1. The van der Waals surface area contributed by atoms with Crippen LogP contribution in [0.4, 0.5) is 5.69 Å². The average Bonchev–Trinajstić information content (AvgIpc) is 3.38. The minimum Gasteiger partial charge on any atom is -0.497 e. The van der Waals surface area contributed by atoms with Gasteiger partial charge in [-0.15, -0.1) is 10.2 Å². The highest BCUT2D eigenvalue weighted by Crippen LogP contribution is 2.25. The summed E-state index contributed by atoms with van der Waals surface area (Å²) in [5.41, 5.74) is 2.28. The number of nitrogens with one attached hydrogen (secondary N) is 2. The number of nitrogens with zero attached hydrogens (tertiary/aromatic N) is 4. The van der Waals surface area contributed by atoms with Crippen molar-refractivity contribution in [2.24, 2.45) is 0 Å². The molecule has 4 aromatic rings. The second-order valence-electron chi connectivity index (χ2n) is 5.92. The van der Waals surface area contributed by atoms with Gasteiger partial charge in [0.25, 0.3) is 5.91 Å². The zero-order chi connectivity index (χ0) is 19.5. The van der Waals surface area contributed by atoms with Gasteiger partial charge in [0.05, 0.1) is 7.11 Å². The predicted octanol–water partition coefficient (Wildman–Crippen LogP) is 3.09. The van der Waals surface area contributed by atoms with Crippen molar-refractivity contribution in [3.8, 4) is 28.6 Å². The number of rotatable bonds is 5. The van der Waals surface area contributed by atoms with E-state index >= 15 is 0 Å². The number of carbonyl (C=O) groups is 1. The summed E-state index contributed by atoms with van der Waals surface area (Å²) >= 11 is 0. The van der Waals surface area contributed by atoms with Crippen LogP contribution < -0.4 is 10.1 Å². The highest BCUT2D eigenvalue weighted by atomic mass is 16.5. The lowest BCUT2D eigenvalue weighted by Gasteiger charge is -2.04. The van der Waals surface area contributed by atoms with E-state index in [0.717, 1.165) is 16.9 Å². The number of H-pyrrole nitrogens is 1. The molecule has 28 heavy (non-hydrogen) atoms. The van der Waals surface area contributed by atoms with Crippen LogP contribution in [0.3, 0.4) is 0 Å². The molecule has 0 saturated heterocycles. The first kappa shape index (κ1) is 17.4. The molecule has 0 saturated carbocycles. The van der Waals surface area contributed by atoms with Crippen LogP contribution in [-0.4, -0.2) is 38.6 Å². The molecule has 0 aliphatic carbocycles. The minimum absolute atomic E-state index is 0.218. The summed E-state index contributed by atoms with van der Waals surface area (Å²) in [6.07, 6.45) is 0. The molecule has 9 nitrogen and oxygen atoms in total. The third kappa shape index (κ3) is 3.45. The number of ether oxygens (including phenoxy) is 1. The van der Waals surface area contributed by atoms with Crippen LogP contribution in [0.1, 0.15) is 16.2 Å². The van der Waals surface area contributed by atoms with Crippen molar-refractivity contribution in [1.29, 1.82) is 0 Å². The summed E-state index contributed by atoms with van der Waals surface area (Å²) in [6.45, 7) is 1.70. The first-order valence-corrected chi connectivity index (χ1v) is 8.41. The highest BCUT2D eigenvalue weighted by Gasteiger charge is 2.18. The lowest BCUT2D eigenvalue weighted by Crippen LogP contribution is -2.13. The van der Waals surface area contributed by atoms with Crippen molar-refractivity contribution >= 4 is 11.6 Å². The molecule has 0 unspecified atom stereocenters. The zero-order valence-corrected chi connectivity index (χ0v) is 15.1. The van der Waals surface area contributed by atoms with Crippen LogP contribution in [0.2, 0.25) is 0 Å². The van der Waals surface area contributed by atoms with Gasteiger partial charge in [-0.05, 0) is 48.5 Å². The second kappa shape index (κ2) is 7.31. The van der Waals surface area contributed by atoms with Gasteiger partial charge < -0.3 is 14.5 Å². The molecule has 2 aromatic carbocycles. The molecule has 0 radical (unpaired) electrons. The summed E-state index contributed by atoms with van der Waals surface area (Å²) < 4.78 is 10.8. The Morgan fingerprint density at radius 2 is 1.96 bits per heavy atom. The van der Waals surface area contributed by atoms with Crippen LogP contribution in [0.15, 0.2) is 52.9 Å². The van der Waals surface area contributed by atoms with Crippen LogP contribution >= 0.6 is 0 Å². The third-order valence-corrected chi connectivity index (χ3v) is 4.07. The van der Waals surface area contributed by atoms with Crippen LogP contribution in [0.5, 0.6) is 5.75 Å². The van der Waals surface area contributed by atoms with E-state index in [0.29, 0.717) is 23.2 Å². The summed E-state index contributed by atoms with van der Waals surface area (Å²) in [7, 11) is 1.60. The number of hydrogen-bond acceptors (Lipinski definition) is 7. The molecule has 2 heterocycles. The maximum absolute atomic E-state index is 12.7. The molecule has 9 heteroatoms. The molecule has 2 N–H and O–H groups in total. The monoisotopic (exact) mass is 376 g/mol. The molecule has 0 atom stereocenters. The van der Waals surface area contributed by atoms with E-state index in [1.54, 1.807) is 44.4 Å². The van der Waals surface area contributed by atoms with Gasteiger partial charge >= 0.3 is 0 Å². The number of methoxy groups -OCH3 is 1. The molecule has 0 bridgehead atoms. The van der Waals surface area contributed by atoms with Crippen molar-refractivity contribution in [3.05, 3.63) is 60.0 Å². The normalized spacial score (nSPS) is 10.6. The Balaban J connectivity index is 1.55. The van der Waals surface area contributed by atoms with Crippen molar-refractivity contribution in [2.45, 2.75) is 6.92 Å². The number of carbonyl (C=O) groups excluding carboxylic acids is 1. The molecule has 2 aromatic heterocycles. The number of tetrazole rings is 1. The largest absolute Gasteiger partial charge is 0.497 e. The Bertz CT molecular complexity index is 1100. The molecule has 140 valence electrons. The minimum atomic E-state index is -0.369. The SMILES string of the molecule is COc1ccc(-c2nc(C(=O)Nc3cccc(-c4nn[nH]n4)c3)c(C)o2)cc1.